The molecule has 1 heterocycles. The molecule has 0 spiro atoms. The van der Waals surface area contributed by atoms with Crippen molar-refractivity contribution in [3.63, 3.8) is 0 Å². The molecule has 140 valence electrons. The van der Waals surface area contributed by atoms with Crippen molar-refractivity contribution >= 4 is 35.1 Å². The molecule has 7 heteroatoms. The Bertz CT molecular complexity index is 738. The van der Waals surface area contributed by atoms with Crippen molar-refractivity contribution in [3.8, 4) is 0 Å². The number of hydrogen-bond donors (Lipinski definition) is 2. The molecular formula is C19H23ClN2O4. The standard InChI is InChI=1S/C19H23ClN2O4/c1-19(9-5-4-6-13(19)18(25)26)21-17(24)12-10-16(23)22(11-12)15-8-3-2-7-14(15)20/h2-3,7-8,12-13H,4-6,9-11H2,1H3,(H,21,24)(H,25,26). The molecule has 0 radical (unpaired) electrons. The third-order valence-electron chi connectivity index (χ3n) is 5.55. The summed E-state index contributed by atoms with van der Waals surface area (Å²) in [5.74, 6) is -2.40. The number of aliphatic carboxylic acids is 1. The fraction of sp³-hybridized carbons (Fsp3) is 0.526. The molecule has 1 aliphatic heterocycles. The first-order valence-corrected chi connectivity index (χ1v) is 9.29. The quantitative estimate of drug-likeness (QED) is 0.843. The molecule has 2 amide bonds. The lowest BCUT2D eigenvalue weighted by atomic mass is 9.73. The minimum atomic E-state index is -0.882. The lowest BCUT2D eigenvalue weighted by Crippen LogP contribution is -2.56. The second-order valence-corrected chi connectivity index (χ2v) is 7.81. The van der Waals surface area contributed by atoms with Gasteiger partial charge in [-0.2, -0.15) is 0 Å². The van der Waals surface area contributed by atoms with E-state index in [4.69, 9.17) is 11.6 Å². The Morgan fingerprint density at radius 1 is 1.31 bits per heavy atom. The number of carbonyl (C=O) groups is 3. The number of carboxylic acid groups (broad SMARTS) is 1. The van der Waals surface area contributed by atoms with Gasteiger partial charge in [0.2, 0.25) is 11.8 Å². The van der Waals surface area contributed by atoms with Crippen LogP contribution in [0.25, 0.3) is 0 Å². The fourth-order valence-corrected chi connectivity index (χ4v) is 4.29. The van der Waals surface area contributed by atoms with E-state index in [2.05, 4.69) is 5.32 Å². The van der Waals surface area contributed by atoms with Crippen LogP contribution in [0.4, 0.5) is 5.69 Å². The largest absolute Gasteiger partial charge is 0.481 e. The van der Waals surface area contributed by atoms with Gasteiger partial charge in [0.05, 0.1) is 28.1 Å². The molecule has 3 unspecified atom stereocenters. The zero-order chi connectivity index (χ0) is 18.9. The van der Waals surface area contributed by atoms with Crippen LogP contribution < -0.4 is 10.2 Å². The molecule has 26 heavy (non-hydrogen) atoms. The summed E-state index contributed by atoms with van der Waals surface area (Å²) in [6.45, 7) is 2.05. The number of anilines is 1. The number of hydrogen-bond acceptors (Lipinski definition) is 3. The summed E-state index contributed by atoms with van der Waals surface area (Å²) in [5.41, 5.74) is -0.177. The molecule has 6 nitrogen and oxygen atoms in total. The molecular weight excluding hydrogens is 356 g/mol. The van der Waals surface area contributed by atoms with Crippen LogP contribution in [0.2, 0.25) is 5.02 Å². The average molecular weight is 379 g/mol. The van der Waals surface area contributed by atoms with Gasteiger partial charge in [-0.1, -0.05) is 36.6 Å². The summed E-state index contributed by atoms with van der Waals surface area (Å²) in [7, 11) is 0. The highest BCUT2D eigenvalue weighted by molar-refractivity contribution is 6.33. The number of carboxylic acids is 1. The highest BCUT2D eigenvalue weighted by Gasteiger charge is 2.44. The van der Waals surface area contributed by atoms with Crippen molar-refractivity contribution in [1.29, 1.82) is 0 Å². The predicted molar refractivity (Wildman–Crippen MR) is 98.1 cm³/mol. The van der Waals surface area contributed by atoms with Crippen molar-refractivity contribution in [1.82, 2.24) is 5.32 Å². The Balaban J connectivity index is 1.72. The van der Waals surface area contributed by atoms with Crippen LogP contribution in [-0.4, -0.2) is 35.0 Å². The molecule has 1 aromatic carbocycles. The normalized spacial score (nSPS) is 28.8. The van der Waals surface area contributed by atoms with Gasteiger partial charge in [-0.05, 0) is 31.9 Å². The number of benzene rings is 1. The van der Waals surface area contributed by atoms with Crippen LogP contribution >= 0.6 is 11.6 Å². The molecule has 2 aliphatic rings. The Morgan fingerprint density at radius 2 is 2.04 bits per heavy atom. The van der Waals surface area contributed by atoms with Crippen LogP contribution in [0.5, 0.6) is 0 Å². The van der Waals surface area contributed by atoms with E-state index in [1.165, 1.54) is 4.90 Å². The van der Waals surface area contributed by atoms with E-state index in [-0.39, 0.29) is 24.8 Å². The van der Waals surface area contributed by atoms with Crippen molar-refractivity contribution in [2.45, 2.75) is 44.6 Å². The predicted octanol–water partition coefficient (Wildman–Crippen LogP) is 2.84. The lowest BCUT2D eigenvalue weighted by Gasteiger charge is -2.40. The van der Waals surface area contributed by atoms with E-state index < -0.39 is 23.3 Å². The molecule has 3 atom stereocenters. The number of para-hydroxylation sites is 1. The third kappa shape index (κ3) is 3.56. The summed E-state index contributed by atoms with van der Waals surface area (Å²) in [6.07, 6.45) is 3.03. The number of halogens is 1. The van der Waals surface area contributed by atoms with Crippen molar-refractivity contribution in [3.05, 3.63) is 29.3 Å². The minimum absolute atomic E-state index is 0.102. The van der Waals surface area contributed by atoms with Gasteiger partial charge in [-0.3, -0.25) is 14.4 Å². The van der Waals surface area contributed by atoms with Gasteiger partial charge < -0.3 is 15.3 Å². The van der Waals surface area contributed by atoms with E-state index in [0.29, 0.717) is 23.6 Å². The topological polar surface area (TPSA) is 86.7 Å². The fourth-order valence-electron chi connectivity index (χ4n) is 4.05. The van der Waals surface area contributed by atoms with E-state index in [0.717, 1.165) is 12.8 Å². The summed E-state index contributed by atoms with van der Waals surface area (Å²) >= 11 is 6.17. The second kappa shape index (κ2) is 7.27. The van der Waals surface area contributed by atoms with Crippen LogP contribution in [0.15, 0.2) is 24.3 Å². The van der Waals surface area contributed by atoms with Crippen LogP contribution in [-0.2, 0) is 14.4 Å². The first-order chi connectivity index (χ1) is 12.3. The first kappa shape index (κ1) is 18.7. The van der Waals surface area contributed by atoms with Crippen molar-refractivity contribution in [2.75, 3.05) is 11.4 Å². The molecule has 2 fully saturated rings. The molecule has 0 bridgehead atoms. The summed E-state index contributed by atoms with van der Waals surface area (Å²) < 4.78 is 0. The summed E-state index contributed by atoms with van der Waals surface area (Å²) in [6, 6.07) is 7.04. The average Bonchev–Trinajstić information content (AvgIpc) is 2.97. The molecule has 0 aromatic heterocycles. The van der Waals surface area contributed by atoms with Gasteiger partial charge in [-0.25, -0.2) is 0 Å². The van der Waals surface area contributed by atoms with E-state index in [1.54, 1.807) is 31.2 Å². The van der Waals surface area contributed by atoms with E-state index >= 15 is 0 Å². The Hall–Kier alpha value is -2.08. The van der Waals surface area contributed by atoms with Gasteiger partial charge in [0, 0.05) is 13.0 Å². The van der Waals surface area contributed by atoms with Gasteiger partial charge in [0.1, 0.15) is 0 Å². The van der Waals surface area contributed by atoms with Crippen LogP contribution in [0, 0.1) is 11.8 Å². The highest BCUT2D eigenvalue weighted by Crippen LogP contribution is 2.35. The van der Waals surface area contributed by atoms with Gasteiger partial charge in [0.25, 0.3) is 0 Å². The monoisotopic (exact) mass is 378 g/mol. The lowest BCUT2D eigenvalue weighted by molar-refractivity contribution is -0.147. The number of nitrogens with zero attached hydrogens (tertiary/aromatic N) is 1. The number of nitrogens with one attached hydrogen (secondary N) is 1. The Kier molecular flexibility index (Phi) is 5.23. The number of amides is 2. The smallest absolute Gasteiger partial charge is 0.308 e. The number of rotatable bonds is 4. The maximum atomic E-state index is 12.8. The first-order valence-electron chi connectivity index (χ1n) is 8.91. The van der Waals surface area contributed by atoms with Crippen molar-refractivity contribution < 1.29 is 19.5 Å². The van der Waals surface area contributed by atoms with Crippen molar-refractivity contribution in [2.24, 2.45) is 11.8 Å². The summed E-state index contributed by atoms with van der Waals surface area (Å²) in [4.78, 5) is 38.3. The van der Waals surface area contributed by atoms with Gasteiger partial charge in [0.15, 0.2) is 0 Å². The molecule has 1 saturated carbocycles. The summed E-state index contributed by atoms with van der Waals surface area (Å²) in [5, 5.41) is 12.9. The molecule has 1 aliphatic carbocycles. The zero-order valence-electron chi connectivity index (χ0n) is 14.7. The molecule has 1 saturated heterocycles. The number of carbonyl (C=O) groups excluding carboxylic acids is 2. The Morgan fingerprint density at radius 3 is 2.73 bits per heavy atom. The van der Waals surface area contributed by atoms with E-state index in [9.17, 15) is 19.5 Å². The SMILES string of the molecule is CC1(NC(=O)C2CC(=O)N(c3ccccc3Cl)C2)CCCCC1C(=O)O. The van der Waals surface area contributed by atoms with Gasteiger partial charge in [-0.15, -0.1) is 0 Å². The zero-order valence-corrected chi connectivity index (χ0v) is 15.5. The highest BCUT2D eigenvalue weighted by atomic mass is 35.5. The third-order valence-corrected chi connectivity index (χ3v) is 5.87. The van der Waals surface area contributed by atoms with E-state index in [1.807, 2.05) is 0 Å². The van der Waals surface area contributed by atoms with Crippen LogP contribution in [0.3, 0.4) is 0 Å². The van der Waals surface area contributed by atoms with Crippen LogP contribution in [0.1, 0.15) is 39.0 Å². The molecule has 3 rings (SSSR count). The Labute approximate surface area is 157 Å². The maximum absolute atomic E-state index is 12.8. The molecule has 1 aromatic rings. The second-order valence-electron chi connectivity index (χ2n) is 7.40. The van der Waals surface area contributed by atoms with Gasteiger partial charge >= 0.3 is 5.97 Å². The maximum Gasteiger partial charge on any atom is 0.308 e. The minimum Gasteiger partial charge on any atom is -0.481 e. The molecule has 2 N–H and O–H groups in total.